The summed E-state index contributed by atoms with van der Waals surface area (Å²) in [5.74, 6) is -0.714. The van der Waals surface area contributed by atoms with E-state index in [-0.39, 0.29) is 12.3 Å². The van der Waals surface area contributed by atoms with Crippen molar-refractivity contribution in [2.45, 2.75) is 13.5 Å². The molecule has 3 rings (SSSR count). The summed E-state index contributed by atoms with van der Waals surface area (Å²) in [4.78, 5) is 27.3. The van der Waals surface area contributed by atoms with Gasteiger partial charge in [0.05, 0.1) is 12.7 Å². The molecule has 2 N–H and O–H groups in total. The average molecular weight is 389 g/mol. The molecule has 1 aromatic heterocycles. The second kappa shape index (κ2) is 8.76. The molecule has 29 heavy (non-hydrogen) atoms. The second-order valence-corrected chi connectivity index (χ2v) is 6.31. The Kier molecular flexibility index (Phi) is 5.95. The molecule has 0 unspecified atom stereocenters. The van der Waals surface area contributed by atoms with Crippen molar-refractivity contribution in [1.29, 1.82) is 5.26 Å². The monoisotopic (exact) mass is 389 g/mol. The number of benzene rings is 2. The predicted molar refractivity (Wildman–Crippen MR) is 108 cm³/mol. The molecular formula is C22H19N3O4. The third-order valence-corrected chi connectivity index (χ3v) is 4.30. The lowest BCUT2D eigenvalue weighted by atomic mass is 10.0. The molecule has 0 aliphatic heterocycles. The summed E-state index contributed by atoms with van der Waals surface area (Å²) < 4.78 is 9.92. The van der Waals surface area contributed by atoms with Gasteiger partial charge in [-0.1, -0.05) is 30.3 Å². The first-order valence-corrected chi connectivity index (χ1v) is 8.81. The predicted octanol–water partition coefficient (Wildman–Crippen LogP) is 3.79. The molecule has 1 heterocycles. The van der Waals surface area contributed by atoms with Crippen LogP contribution >= 0.6 is 0 Å². The van der Waals surface area contributed by atoms with E-state index in [1.807, 2.05) is 43.3 Å². The zero-order valence-corrected chi connectivity index (χ0v) is 16.0. The van der Waals surface area contributed by atoms with E-state index in [0.29, 0.717) is 11.1 Å². The van der Waals surface area contributed by atoms with Crippen molar-refractivity contribution in [3.05, 3.63) is 76.6 Å². The maximum Gasteiger partial charge on any atom is 0.412 e. The lowest BCUT2D eigenvalue weighted by Gasteiger charge is -2.10. The molecular weight excluding hydrogens is 370 g/mol. The minimum absolute atomic E-state index is 0.0705. The third kappa shape index (κ3) is 4.62. The number of aromatic amines is 1. The van der Waals surface area contributed by atoms with E-state index in [4.69, 9.17) is 9.47 Å². The van der Waals surface area contributed by atoms with E-state index in [1.165, 1.54) is 13.2 Å². The maximum absolute atomic E-state index is 12.1. The normalized spacial score (nSPS) is 11.0. The van der Waals surface area contributed by atoms with Crippen LogP contribution in [0.1, 0.15) is 22.3 Å². The van der Waals surface area contributed by atoms with Crippen LogP contribution in [0, 0.1) is 18.3 Å². The lowest BCUT2D eigenvalue weighted by molar-refractivity contribution is -0.136. The number of carbonyl (C=O) groups is 2. The summed E-state index contributed by atoms with van der Waals surface area (Å²) in [5.41, 5.74) is 3.62. The van der Waals surface area contributed by atoms with E-state index in [9.17, 15) is 14.9 Å². The van der Waals surface area contributed by atoms with Crippen molar-refractivity contribution in [3.63, 3.8) is 0 Å². The molecule has 0 bridgehead atoms. The van der Waals surface area contributed by atoms with Crippen molar-refractivity contribution < 1.29 is 19.1 Å². The molecule has 7 nitrogen and oxygen atoms in total. The summed E-state index contributed by atoms with van der Waals surface area (Å²) in [6, 6.07) is 14.9. The van der Waals surface area contributed by atoms with Gasteiger partial charge in [-0.05, 0) is 41.8 Å². The van der Waals surface area contributed by atoms with Crippen molar-refractivity contribution in [2.24, 2.45) is 0 Å². The number of esters is 1. The van der Waals surface area contributed by atoms with Gasteiger partial charge in [-0.15, -0.1) is 0 Å². The zero-order chi connectivity index (χ0) is 20.8. The molecule has 1 amide bonds. The molecule has 3 aromatic rings. The number of carbonyl (C=O) groups excluding carboxylic acids is 2. The molecule has 0 saturated carbocycles. The maximum atomic E-state index is 12.1. The summed E-state index contributed by atoms with van der Waals surface area (Å²) in [6.07, 6.45) is 2.34. The van der Waals surface area contributed by atoms with E-state index in [1.54, 1.807) is 12.3 Å². The Balaban J connectivity index is 1.84. The summed E-state index contributed by atoms with van der Waals surface area (Å²) in [5, 5.41) is 12.4. The summed E-state index contributed by atoms with van der Waals surface area (Å²) >= 11 is 0. The zero-order valence-electron chi connectivity index (χ0n) is 16.0. The standard InChI is InChI=1S/C22H19N3O4/c1-14-8-16(9-18-17(11-23)12-24-20(14)18)10-19(21(26)28-2)25-22(27)29-13-15-6-4-3-5-7-15/h3-10,12,24H,13H2,1-2H3,(H,25,27)/b19-10+. The number of methoxy groups -OCH3 is 1. The van der Waals surface area contributed by atoms with Gasteiger partial charge >= 0.3 is 12.1 Å². The summed E-state index contributed by atoms with van der Waals surface area (Å²) in [6.45, 7) is 1.96. The number of alkyl carbamates (subject to hydrolysis) is 1. The number of aryl methyl sites for hydroxylation is 1. The molecule has 0 fully saturated rings. The quantitative estimate of drug-likeness (QED) is 0.510. The van der Waals surface area contributed by atoms with Gasteiger partial charge in [0.2, 0.25) is 0 Å². The van der Waals surface area contributed by atoms with Crippen LogP contribution < -0.4 is 5.32 Å². The Morgan fingerprint density at radius 1 is 1.24 bits per heavy atom. The van der Waals surface area contributed by atoms with Gasteiger partial charge in [0.15, 0.2) is 0 Å². The van der Waals surface area contributed by atoms with E-state index in [2.05, 4.69) is 16.4 Å². The molecule has 146 valence electrons. The molecule has 0 saturated heterocycles. The van der Waals surface area contributed by atoms with Crippen LogP contribution in [0.2, 0.25) is 0 Å². The highest BCUT2D eigenvalue weighted by atomic mass is 16.6. The molecule has 0 aliphatic carbocycles. The fourth-order valence-corrected chi connectivity index (χ4v) is 2.91. The topological polar surface area (TPSA) is 104 Å². The number of hydrogen-bond acceptors (Lipinski definition) is 5. The average Bonchev–Trinajstić information content (AvgIpc) is 3.15. The first-order chi connectivity index (χ1) is 14.0. The van der Waals surface area contributed by atoms with Gasteiger partial charge in [-0.25, -0.2) is 9.59 Å². The van der Waals surface area contributed by atoms with Gasteiger partial charge < -0.3 is 14.5 Å². The first kappa shape index (κ1) is 19.7. The highest BCUT2D eigenvalue weighted by molar-refractivity contribution is 5.98. The fraction of sp³-hybridized carbons (Fsp3) is 0.136. The fourth-order valence-electron chi connectivity index (χ4n) is 2.91. The smallest absolute Gasteiger partial charge is 0.412 e. The highest BCUT2D eigenvalue weighted by Gasteiger charge is 2.15. The van der Waals surface area contributed by atoms with E-state index < -0.39 is 12.1 Å². The number of fused-ring (bicyclic) bond motifs is 1. The van der Waals surface area contributed by atoms with Crippen molar-refractivity contribution in [1.82, 2.24) is 10.3 Å². The van der Waals surface area contributed by atoms with Crippen molar-refractivity contribution in [3.8, 4) is 6.07 Å². The Morgan fingerprint density at radius 2 is 2.00 bits per heavy atom. The number of H-pyrrole nitrogens is 1. The van der Waals surface area contributed by atoms with Gasteiger partial charge in [0.1, 0.15) is 18.4 Å². The largest absolute Gasteiger partial charge is 0.464 e. The molecule has 7 heteroatoms. The molecule has 0 radical (unpaired) electrons. The van der Waals surface area contributed by atoms with Crippen LogP contribution in [-0.4, -0.2) is 24.2 Å². The number of nitrogens with one attached hydrogen (secondary N) is 2. The van der Waals surface area contributed by atoms with Crippen LogP contribution in [0.3, 0.4) is 0 Å². The molecule has 2 aromatic carbocycles. The van der Waals surface area contributed by atoms with Crippen LogP contribution in [0.25, 0.3) is 17.0 Å². The van der Waals surface area contributed by atoms with Gasteiger partial charge in [-0.3, -0.25) is 5.32 Å². The number of aromatic nitrogens is 1. The number of nitrogens with zero attached hydrogens (tertiary/aromatic N) is 1. The lowest BCUT2D eigenvalue weighted by Crippen LogP contribution is -2.28. The number of hydrogen-bond donors (Lipinski definition) is 2. The molecule has 0 aliphatic rings. The summed E-state index contributed by atoms with van der Waals surface area (Å²) in [7, 11) is 1.22. The third-order valence-electron chi connectivity index (χ3n) is 4.30. The van der Waals surface area contributed by atoms with E-state index >= 15 is 0 Å². The number of rotatable bonds is 5. The van der Waals surface area contributed by atoms with Gasteiger partial charge in [-0.2, -0.15) is 5.26 Å². The number of amides is 1. The van der Waals surface area contributed by atoms with Crippen LogP contribution in [0.4, 0.5) is 4.79 Å². The minimum Gasteiger partial charge on any atom is -0.464 e. The van der Waals surface area contributed by atoms with Crippen LogP contribution in [0.5, 0.6) is 0 Å². The number of nitriles is 1. The first-order valence-electron chi connectivity index (χ1n) is 8.81. The van der Waals surface area contributed by atoms with E-state index in [0.717, 1.165) is 22.0 Å². The Hall–Kier alpha value is -4.05. The van der Waals surface area contributed by atoms with Crippen LogP contribution in [-0.2, 0) is 20.9 Å². The Labute approximate surface area is 167 Å². The van der Waals surface area contributed by atoms with Crippen molar-refractivity contribution in [2.75, 3.05) is 7.11 Å². The second-order valence-electron chi connectivity index (χ2n) is 6.31. The van der Waals surface area contributed by atoms with Crippen LogP contribution in [0.15, 0.2) is 54.4 Å². The van der Waals surface area contributed by atoms with Crippen molar-refractivity contribution >= 4 is 29.0 Å². The molecule has 0 atom stereocenters. The Bertz CT molecular complexity index is 1120. The molecule has 0 spiro atoms. The Morgan fingerprint density at radius 3 is 2.69 bits per heavy atom. The SMILES string of the molecule is COC(=O)/C(=C\c1cc(C)c2[nH]cc(C#N)c2c1)NC(=O)OCc1ccccc1. The number of ether oxygens (including phenoxy) is 2. The highest BCUT2D eigenvalue weighted by Crippen LogP contribution is 2.24. The van der Waals surface area contributed by atoms with Gasteiger partial charge in [0.25, 0.3) is 0 Å². The van der Waals surface area contributed by atoms with Gasteiger partial charge in [0, 0.05) is 17.1 Å². The minimum atomic E-state index is -0.775.